The molecule has 21 nitrogen and oxygen atoms in total. The molecule has 0 fully saturated rings. The van der Waals surface area contributed by atoms with Crippen molar-refractivity contribution in [3.63, 3.8) is 0 Å². The van der Waals surface area contributed by atoms with Crippen molar-refractivity contribution in [3.8, 4) is 46.0 Å². The summed E-state index contributed by atoms with van der Waals surface area (Å²) in [5.41, 5.74) is 11.5. The molecule has 0 saturated carbocycles. The standard InChI is InChI=1S/C42H57N7O14S2/c1-59-29-19-27(50)35(61-3)37(33(29)54)64-21-31(52)45-16-10-9-14-24(47-32(53)22-65-38-34(55)30(60-2)20-28(51)36(38)62-4)39(56)49-26(18-23-12-7-6-8-13-23)40(57)48-25(41(58)63-5)15-11-17-46-42(43)44/h6-8,12-13,19-20,24-26,50-51,54-55H,9-11,14-18,21-22H2,1-5H3,(H,45,52)(H,47,53)(H,48,57)(H,49,56)(H4,43,44,46)/t24-,25-,26-/m0/s1. The number of hydrogen-bond acceptors (Lipinski definition) is 17. The Morgan fingerprint density at radius 1 is 0.662 bits per heavy atom. The van der Waals surface area contributed by atoms with Crippen LogP contribution < -0.4 is 51.7 Å². The van der Waals surface area contributed by atoms with Crippen LogP contribution >= 0.6 is 23.5 Å². The molecule has 0 saturated heterocycles. The second-order valence-electron chi connectivity index (χ2n) is 13.9. The predicted molar refractivity (Wildman–Crippen MR) is 242 cm³/mol. The number of rotatable bonds is 27. The van der Waals surface area contributed by atoms with Gasteiger partial charge in [0.15, 0.2) is 52.0 Å². The molecule has 23 heteroatoms. The molecule has 0 aliphatic rings. The monoisotopic (exact) mass is 947 g/mol. The molecule has 0 heterocycles. The van der Waals surface area contributed by atoms with Crippen molar-refractivity contribution in [2.45, 2.75) is 66.4 Å². The maximum Gasteiger partial charge on any atom is 0.328 e. The maximum atomic E-state index is 14.2. The summed E-state index contributed by atoms with van der Waals surface area (Å²) in [5.74, 6) is -5.50. The first-order valence-corrected chi connectivity index (χ1v) is 22.0. The molecule has 65 heavy (non-hydrogen) atoms. The molecule has 0 aliphatic carbocycles. The van der Waals surface area contributed by atoms with E-state index in [0.717, 1.165) is 29.6 Å². The first-order valence-electron chi connectivity index (χ1n) is 20.0. The van der Waals surface area contributed by atoms with Crippen LogP contribution in [0, 0.1) is 0 Å². The number of benzene rings is 3. The third kappa shape index (κ3) is 16.2. The van der Waals surface area contributed by atoms with Gasteiger partial charge >= 0.3 is 5.97 Å². The van der Waals surface area contributed by atoms with E-state index in [0.29, 0.717) is 18.4 Å². The third-order valence-electron chi connectivity index (χ3n) is 9.41. The molecule has 0 bridgehead atoms. The predicted octanol–water partition coefficient (Wildman–Crippen LogP) is 1.64. The van der Waals surface area contributed by atoms with Crippen LogP contribution in [-0.2, 0) is 35.1 Å². The largest absolute Gasteiger partial charge is 0.504 e. The summed E-state index contributed by atoms with van der Waals surface area (Å²) in [6.07, 6.45) is 1.07. The normalized spacial score (nSPS) is 12.1. The number of phenols is 4. The molecule has 3 aromatic rings. The number of amides is 4. The number of nitrogens with two attached hydrogens (primary N) is 2. The molecule has 0 aliphatic heterocycles. The van der Waals surface area contributed by atoms with E-state index in [1.165, 1.54) is 41.6 Å². The number of aromatic hydroxyl groups is 4. The van der Waals surface area contributed by atoms with Crippen LogP contribution in [0.2, 0.25) is 0 Å². The van der Waals surface area contributed by atoms with Crippen molar-refractivity contribution in [1.29, 1.82) is 0 Å². The number of methoxy groups -OCH3 is 5. The van der Waals surface area contributed by atoms with E-state index in [9.17, 15) is 44.4 Å². The minimum Gasteiger partial charge on any atom is -0.504 e. The first kappa shape index (κ1) is 52.7. The van der Waals surface area contributed by atoms with Gasteiger partial charge in [0.25, 0.3) is 0 Å². The second-order valence-corrected chi connectivity index (χ2v) is 15.9. The number of aliphatic imine (C=N–C) groups is 1. The molecule has 12 N–H and O–H groups in total. The third-order valence-corrected chi connectivity index (χ3v) is 11.6. The Labute approximate surface area is 384 Å². The summed E-state index contributed by atoms with van der Waals surface area (Å²) < 4.78 is 25.6. The molecule has 3 aromatic carbocycles. The zero-order valence-electron chi connectivity index (χ0n) is 36.6. The van der Waals surface area contributed by atoms with Gasteiger partial charge in [-0.05, 0) is 37.7 Å². The smallest absolute Gasteiger partial charge is 0.328 e. The van der Waals surface area contributed by atoms with Crippen LogP contribution in [0.3, 0.4) is 0 Å². The zero-order valence-corrected chi connectivity index (χ0v) is 38.3. The van der Waals surface area contributed by atoms with Gasteiger partial charge in [0.05, 0.1) is 56.8 Å². The SMILES string of the molecule is COC(=O)[C@H](CCCN=C(N)N)NC(=O)[C@H](Cc1ccccc1)NC(=O)[C@H](CCCCNC(=O)CSc1c(O)c(OC)cc(O)c1OC)NC(=O)CSc1c(O)c(OC)cc(O)c1OC. The number of guanidine groups is 1. The van der Waals surface area contributed by atoms with Crippen molar-refractivity contribution < 1.29 is 68.1 Å². The van der Waals surface area contributed by atoms with E-state index in [-0.39, 0.29) is 112 Å². The molecular formula is C42H57N7O14S2. The molecule has 356 valence electrons. The van der Waals surface area contributed by atoms with Gasteiger partial charge < -0.3 is 76.8 Å². The number of ether oxygens (including phenoxy) is 5. The van der Waals surface area contributed by atoms with Crippen molar-refractivity contribution in [1.82, 2.24) is 21.3 Å². The van der Waals surface area contributed by atoms with Gasteiger partial charge in [-0.15, -0.1) is 23.5 Å². The van der Waals surface area contributed by atoms with E-state index < -0.39 is 47.7 Å². The molecule has 0 unspecified atom stereocenters. The summed E-state index contributed by atoms with van der Waals surface area (Å²) in [6, 6.07) is 7.53. The number of hydrogen-bond donors (Lipinski definition) is 10. The topological polar surface area (TPSA) is 325 Å². The van der Waals surface area contributed by atoms with Crippen molar-refractivity contribution in [2.75, 3.05) is 60.1 Å². The molecule has 0 radical (unpaired) electrons. The average molecular weight is 948 g/mol. The number of phenolic OH excluding ortho intramolecular Hbond substituents is 4. The lowest BCUT2D eigenvalue weighted by atomic mass is 10.0. The highest BCUT2D eigenvalue weighted by atomic mass is 32.2. The Morgan fingerprint density at radius 2 is 1.18 bits per heavy atom. The van der Waals surface area contributed by atoms with Crippen molar-refractivity contribution >= 4 is 59.1 Å². The lowest BCUT2D eigenvalue weighted by molar-refractivity contribution is -0.145. The Bertz CT molecular complexity index is 2130. The summed E-state index contributed by atoms with van der Waals surface area (Å²) in [5, 5.41) is 52.9. The Hall–Kier alpha value is -6.62. The lowest BCUT2D eigenvalue weighted by Gasteiger charge is -2.25. The van der Waals surface area contributed by atoms with Gasteiger partial charge in [-0.2, -0.15) is 0 Å². The van der Waals surface area contributed by atoms with Crippen LogP contribution in [0.4, 0.5) is 0 Å². The van der Waals surface area contributed by atoms with Crippen LogP contribution in [0.5, 0.6) is 46.0 Å². The Kier molecular flexibility index (Phi) is 21.8. The van der Waals surface area contributed by atoms with Crippen LogP contribution in [0.25, 0.3) is 0 Å². The van der Waals surface area contributed by atoms with E-state index >= 15 is 0 Å². The summed E-state index contributed by atoms with van der Waals surface area (Å²) in [7, 11) is 6.33. The summed E-state index contributed by atoms with van der Waals surface area (Å²) in [4.78, 5) is 71.1. The highest BCUT2D eigenvalue weighted by molar-refractivity contribution is 8.00. The highest BCUT2D eigenvalue weighted by Gasteiger charge is 2.31. The molecule has 0 spiro atoms. The van der Waals surface area contributed by atoms with Crippen LogP contribution in [-0.4, -0.2) is 134 Å². The van der Waals surface area contributed by atoms with Crippen molar-refractivity contribution in [2.24, 2.45) is 16.5 Å². The molecule has 0 aromatic heterocycles. The average Bonchev–Trinajstić information content (AvgIpc) is 3.28. The fourth-order valence-corrected chi connectivity index (χ4v) is 8.04. The molecule has 3 rings (SSSR count). The number of carbonyl (C=O) groups excluding carboxylic acids is 5. The highest BCUT2D eigenvalue weighted by Crippen LogP contribution is 2.49. The zero-order chi connectivity index (χ0) is 48.1. The van der Waals surface area contributed by atoms with Gasteiger partial charge in [0.2, 0.25) is 23.6 Å². The fraction of sp³-hybridized carbons (Fsp3) is 0.429. The number of esters is 1. The summed E-state index contributed by atoms with van der Waals surface area (Å²) >= 11 is 1.72. The van der Waals surface area contributed by atoms with Gasteiger partial charge in [-0.3, -0.25) is 24.2 Å². The van der Waals surface area contributed by atoms with Gasteiger partial charge in [-0.25, -0.2) is 4.79 Å². The van der Waals surface area contributed by atoms with E-state index in [1.54, 1.807) is 30.3 Å². The minimum absolute atomic E-state index is 0.00169. The van der Waals surface area contributed by atoms with E-state index in [4.69, 9.17) is 35.2 Å². The molecular weight excluding hydrogens is 891 g/mol. The van der Waals surface area contributed by atoms with Gasteiger partial charge in [-0.1, -0.05) is 30.3 Å². The van der Waals surface area contributed by atoms with Crippen LogP contribution in [0.15, 0.2) is 57.2 Å². The quantitative estimate of drug-likeness (QED) is 0.0130. The number of thioether (sulfide) groups is 2. The Morgan fingerprint density at radius 3 is 1.71 bits per heavy atom. The fourth-order valence-electron chi connectivity index (χ4n) is 6.19. The first-order chi connectivity index (χ1) is 31.1. The second kappa shape index (κ2) is 26.9. The summed E-state index contributed by atoms with van der Waals surface area (Å²) in [6.45, 7) is 0.331. The van der Waals surface area contributed by atoms with Crippen LogP contribution in [0.1, 0.15) is 37.7 Å². The van der Waals surface area contributed by atoms with Crippen molar-refractivity contribution in [3.05, 3.63) is 48.0 Å². The molecule has 4 amide bonds. The number of unbranched alkanes of at least 4 members (excludes halogenated alkanes) is 1. The molecule has 3 atom stereocenters. The van der Waals surface area contributed by atoms with E-state index in [2.05, 4.69) is 26.3 Å². The number of nitrogens with zero attached hydrogens (tertiary/aromatic N) is 1. The Balaban J connectivity index is 1.80. The maximum absolute atomic E-state index is 14.2. The minimum atomic E-state index is -1.24. The lowest BCUT2D eigenvalue weighted by Crippen LogP contribution is -2.56. The van der Waals surface area contributed by atoms with Gasteiger partial charge in [0.1, 0.15) is 18.1 Å². The number of nitrogens with one attached hydrogen (secondary N) is 4. The van der Waals surface area contributed by atoms with E-state index in [1.807, 2.05) is 0 Å². The van der Waals surface area contributed by atoms with Gasteiger partial charge in [0, 0.05) is 31.6 Å². The number of carbonyl (C=O) groups is 5.